The van der Waals surface area contributed by atoms with Crippen LogP contribution in [0.1, 0.15) is 32.5 Å². The van der Waals surface area contributed by atoms with Crippen LogP contribution in [0.25, 0.3) is 11.0 Å². The highest BCUT2D eigenvalue weighted by molar-refractivity contribution is 5.94. The maximum atomic E-state index is 12.1. The summed E-state index contributed by atoms with van der Waals surface area (Å²) >= 11 is 0. The number of ether oxygens (including phenoxy) is 1. The number of amides is 2. The molecule has 0 saturated carbocycles. The molecule has 1 aliphatic rings. The Kier molecular flexibility index (Phi) is 5.03. The number of nitrogens with one attached hydrogen (secondary N) is 2. The number of benzene rings is 1. The lowest BCUT2D eigenvalue weighted by Crippen LogP contribution is -2.34. The lowest BCUT2D eigenvalue weighted by Gasteiger charge is -2.10. The zero-order valence-corrected chi connectivity index (χ0v) is 14.8. The molecule has 0 aliphatic carbocycles. The number of fused-ring (bicyclic) bond motifs is 1. The second-order valence-electron chi connectivity index (χ2n) is 6.65. The van der Waals surface area contributed by atoms with Crippen LogP contribution in [0.3, 0.4) is 0 Å². The molecule has 1 aliphatic heterocycles. The summed E-state index contributed by atoms with van der Waals surface area (Å²) in [4.78, 5) is 28.5. The summed E-state index contributed by atoms with van der Waals surface area (Å²) in [6.45, 7) is 4.69. The molecule has 2 aromatic rings. The van der Waals surface area contributed by atoms with Gasteiger partial charge in [0.15, 0.2) is 0 Å². The van der Waals surface area contributed by atoms with Gasteiger partial charge in [-0.1, -0.05) is 13.8 Å². The van der Waals surface area contributed by atoms with Gasteiger partial charge in [0.25, 0.3) is 0 Å². The number of hydrogen-bond acceptors (Lipinski definition) is 4. The zero-order valence-electron chi connectivity index (χ0n) is 14.8. The molecule has 2 N–H and O–H groups in total. The molecule has 1 aromatic carbocycles. The van der Waals surface area contributed by atoms with E-state index in [2.05, 4.69) is 15.6 Å². The molecule has 3 rings (SSSR count). The monoisotopic (exact) mass is 344 g/mol. The predicted molar refractivity (Wildman–Crippen MR) is 95.0 cm³/mol. The SMILES string of the molecule is CC(C)C(=O)Nc1ccc2c(c1)nc(CNC(=O)[C@H]1CCCO1)n2C. The van der Waals surface area contributed by atoms with Gasteiger partial charge in [-0.05, 0) is 31.0 Å². The largest absolute Gasteiger partial charge is 0.368 e. The highest BCUT2D eigenvalue weighted by Crippen LogP contribution is 2.20. The van der Waals surface area contributed by atoms with Crippen molar-refractivity contribution in [2.45, 2.75) is 39.3 Å². The van der Waals surface area contributed by atoms with Crippen LogP contribution in [0, 0.1) is 5.92 Å². The molecule has 0 unspecified atom stereocenters. The minimum Gasteiger partial charge on any atom is -0.368 e. The minimum atomic E-state index is -0.340. The van der Waals surface area contributed by atoms with E-state index < -0.39 is 0 Å². The Morgan fingerprint density at radius 2 is 2.20 bits per heavy atom. The van der Waals surface area contributed by atoms with Gasteiger partial charge in [0, 0.05) is 25.3 Å². The van der Waals surface area contributed by atoms with E-state index in [1.807, 2.05) is 43.7 Å². The minimum absolute atomic E-state index is 0.0284. The van der Waals surface area contributed by atoms with Crippen molar-refractivity contribution in [3.63, 3.8) is 0 Å². The second-order valence-corrected chi connectivity index (χ2v) is 6.65. The Morgan fingerprint density at radius 1 is 1.40 bits per heavy atom. The third kappa shape index (κ3) is 3.82. The fraction of sp³-hybridized carbons (Fsp3) is 0.500. The summed E-state index contributed by atoms with van der Waals surface area (Å²) in [5.74, 6) is 0.561. The third-order valence-corrected chi connectivity index (χ3v) is 4.41. The number of rotatable bonds is 5. The fourth-order valence-electron chi connectivity index (χ4n) is 2.84. The molecule has 1 fully saturated rings. The summed E-state index contributed by atoms with van der Waals surface area (Å²) in [5, 5.41) is 5.76. The van der Waals surface area contributed by atoms with Crippen molar-refractivity contribution in [1.29, 1.82) is 0 Å². The molecular formula is C18H24N4O3. The first-order chi connectivity index (χ1) is 12.0. The quantitative estimate of drug-likeness (QED) is 0.868. The van der Waals surface area contributed by atoms with E-state index in [-0.39, 0.29) is 23.8 Å². The molecule has 0 spiro atoms. The maximum absolute atomic E-state index is 12.1. The molecule has 1 atom stereocenters. The lowest BCUT2D eigenvalue weighted by atomic mass is 10.2. The highest BCUT2D eigenvalue weighted by Gasteiger charge is 2.23. The highest BCUT2D eigenvalue weighted by atomic mass is 16.5. The van der Waals surface area contributed by atoms with Crippen molar-refractivity contribution in [3.8, 4) is 0 Å². The molecule has 2 amide bonds. The van der Waals surface area contributed by atoms with E-state index >= 15 is 0 Å². The first-order valence-electron chi connectivity index (χ1n) is 8.61. The molecule has 1 aromatic heterocycles. The van der Waals surface area contributed by atoms with Crippen LogP contribution in [0.15, 0.2) is 18.2 Å². The number of aryl methyl sites for hydroxylation is 1. The maximum Gasteiger partial charge on any atom is 0.249 e. The molecular weight excluding hydrogens is 320 g/mol. The van der Waals surface area contributed by atoms with Crippen LogP contribution in [0.4, 0.5) is 5.69 Å². The molecule has 7 nitrogen and oxygen atoms in total. The van der Waals surface area contributed by atoms with Crippen LogP contribution in [-0.4, -0.2) is 34.1 Å². The van der Waals surface area contributed by atoms with Gasteiger partial charge in [0.05, 0.1) is 17.6 Å². The van der Waals surface area contributed by atoms with Crippen molar-refractivity contribution < 1.29 is 14.3 Å². The van der Waals surface area contributed by atoms with Crippen LogP contribution < -0.4 is 10.6 Å². The molecule has 7 heteroatoms. The number of aromatic nitrogens is 2. The van der Waals surface area contributed by atoms with E-state index in [4.69, 9.17) is 4.74 Å². The second kappa shape index (κ2) is 7.23. The average molecular weight is 344 g/mol. The van der Waals surface area contributed by atoms with Crippen molar-refractivity contribution >= 4 is 28.5 Å². The molecule has 2 heterocycles. The fourth-order valence-corrected chi connectivity index (χ4v) is 2.84. The summed E-state index contributed by atoms with van der Waals surface area (Å²) in [7, 11) is 1.91. The summed E-state index contributed by atoms with van der Waals surface area (Å²) in [6, 6.07) is 5.63. The standard InChI is InChI=1S/C18H24N4O3/c1-11(2)17(23)20-12-6-7-14-13(9-12)21-16(22(14)3)10-19-18(24)15-5-4-8-25-15/h6-7,9,11,15H,4-5,8,10H2,1-3H3,(H,19,24)(H,20,23)/t15-/m1/s1. The molecule has 1 saturated heterocycles. The van der Waals surface area contributed by atoms with Gasteiger partial charge >= 0.3 is 0 Å². The van der Waals surface area contributed by atoms with Crippen molar-refractivity contribution in [2.24, 2.45) is 13.0 Å². The number of hydrogen-bond donors (Lipinski definition) is 2. The Bertz CT molecular complexity index is 791. The van der Waals surface area contributed by atoms with E-state index in [1.54, 1.807) is 0 Å². The van der Waals surface area contributed by atoms with Crippen LogP contribution in [-0.2, 0) is 27.9 Å². The van der Waals surface area contributed by atoms with E-state index in [0.717, 1.165) is 35.4 Å². The molecule has 0 radical (unpaired) electrons. The summed E-state index contributed by atoms with van der Waals surface area (Å²) in [6.07, 6.45) is 1.36. The average Bonchev–Trinajstić information content (AvgIpc) is 3.21. The first kappa shape index (κ1) is 17.4. The van der Waals surface area contributed by atoms with Crippen molar-refractivity contribution in [1.82, 2.24) is 14.9 Å². The number of imidazole rings is 1. The Labute approximate surface area is 146 Å². The molecule has 0 bridgehead atoms. The smallest absolute Gasteiger partial charge is 0.249 e. The van der Waals surface area contributed by atoms with Crippen molar-refractivity contribution in [3.05, 3.63) is 24.0 Å². The van der Waals surface area contributed by atoms with Crippen LogP contribution in [0.5, 0.6) is 0 Å². The topological polar surface area (TPSA) is 85.2 Å². The summed E-state index contributed by atoms with van der Waals surface area (Å²) < 4.78 is 7.33. The van der Waals surface area contributed by atoms with Gasteiger partial charge in [0.1, 0.15) is 11.9 Å². The van der Waals surface area contributed by atoms with Gasteiger partial charge in [0.2, 0.25) is 11.8 Å². The predicted octanol–water partition coefficient (Wildman–Crippen LogP) is 1.96. The number of carbonyl (C=O) groups is 2. The van der Waals surface area contributed by atoms with Crippen LogP contribution in [0.2, 0.25) is 0 Å². The molecule has 134 valence electrons. The normalized spacial score (nSPS) is 17.2. The number of anilines is 1. The van der Waals surface area contributed by atoms with Gasteiger partial charge in [-0.25, -0.2) is 4.98 Å². The Balaban J connectivity index is 1.72. The van der Waals surface area contributed by atoms with E-state index in [0.29, 0.717) is 13.2 Å². The van der Waals surface area contributed by atoms with Crippen molar-refractivity contribution in [2.75, 3.05) is 11.9 Å². The van der Waals surface area contributed by atoms with E-state index in [9.17, 15) is 9.59 Å². The number of carbonyl (C=O) groups excluding carboxylic acids is 2. The Morgan fingerprint density at radius 3 is 2.88 bits per heavy atom. The van der Waals surface area contributed by atoms with Gasteiger partial charge in [-0.2, -0.15) is 0 Å². The lowest BCUT2D eigenvalue weighted by molar-refractivity contribution is -0.130. The van der Waals surface area contributed by atoms with Gasteiger partial charge in [-0.15, -0.1) is 0 Å². The van der Waals surface area contributed by atoms with E-state index in [1.165, 1.54) is 0 Å². The van der Waals surface area contributed by atoms with Crippen LogP contribution >= 0.6 is 0 Å². The van der Waals surface area contributed by atoms with Gasteiger partial charge < -0.3 is 19.9 Å². The number of nitrogens with zero attached hydrogens (tertiary/aromatic N) is 2. The Hall–Kier alpha value is -2.41. The molecule has 25 heavy (non-hydrogen) atoms. The van der Waals surface area contributed by atoms with Gasteiger partial charge in [-0.3, -0.25) is 9.59 Å². The summed E-state index contributed by atoms with van der Waals surface area (Å²) in [5.41, 5.74) is 2.45. The first-order valence-corrected chi connectivity index (χ1v) is 8.61. The third-order valence-electron chi connectivity index (χ3n) is 4.41. The zero-order chi connectivity index (χ0) is 18.0.